The number of aryl methyl sites for hydroxylation is 2. The van der Waals surface area contributed by atoms with E-state index in [-0.39, 0.29) is 5.91 Å². The lowest BCUT2D eigenvalue weighted by molar-refractivity contribution is -0.117. The number of carbonyl (C=O) groups is 1. The summed E-state index contributed by atoms with van der Waals surface area (Å²) in [6.45, 7) is 2.06. The summed E-state index contributed by atoms with van der Waals surface area (Å²) in [5.74, 6) is -0.289. The molecule has 0 aliphatic rings. The first-order valence-electron chi connectivity index (χ1n) is 4.91. The van der Waals surface area contributed by atoms with Gasteiger partial charge in [0.2, 0.25) is 5.91 Å². The smallest absolute Gasteiger partial charge is 0.221 e. The second-order valence-corrected chi connectivity index (χ2v) is 3.93. The highest BCUT2D eigenvalue weighted by molar-refractivity contribution is 5.89. The molecule has 0 aliphatic heterocycles. The number of nitrogens with zero attached hydrogens (tertiary/aromatic N) is 1. The maximum absolute atomic E-state index is 10.9. The minimum absolute atomic E-state index is 0.289. The highest BCUT2D eigenvalue weighted by Crippen LogP contribution is 2.22. The molecule has 0 saturated carbocycles. The lowest BCUT2D eigenvalue weighted by Crippen LogP contribution is -2.13. The van der Waals surface area contributed by atoms with E-state index in [1.54, 1.807) is 0 Å². The Bertz CT molecular complexity index is 526. The minimum Gasteiger partial charge on any atom is -0.369 e. The van der Waals surface area contributed by atoms with E-state index < -0.39 is 0 Å². The van der Waals surface area contributed by atoms with Crippen molar-refractivity contribution < 1.29 is 4.79 Å². The van der Waals surface area contributed by atoms with Gasteiger partial charge in [-0.2, -0.15) is 0 Å². The van der Waals surface area contributed by atoms with Crippen LogP contribution in [0.25, 0.3) is 10.9 Å². The van der Waals surface area contributed by atoms with Crippen molar-refractivity contribution in [3.05, 3.63) is 35.5 Å². The number of hydrogen-bond donors (Lipinski definition) is 1. The molecule has 2 N–H and O–H groups in total. The van der Waals surface area contributed by atoms with E-state index in [1.165, 1.54) is 5.56 Å². The molecule has 2 rings (SSSR count). The van der Waals surface area contributed by atoms with E-state index >= 15 is 0 Å². The van der Waals surface area contributed by atoms with E-state index in [1.807, 2.05) is 29.9 Å². The SMILES string of the molecule is Cc1ccc2c(CC(N)=O)cn(C)c2c1. The van der Waals surface area contributed by atoms with Crippen LogP contribution < -0.4 is 5.73 Å². The standard InChI is InChI=1S/C12H14N2O/c1-8-3-4-10-9(6-12(13)15)7-14(2)11(10)5-8/h3-5,7H,6H2,1-2H3,(H2,13,15). The normalized spacial score (nSPS) is 10.8. The van der Waals surface area contributed by atoms with E-state index in [0.717, 1.165) is 16.5 Å². The highest BCUT2D eigenvalue weighted by Gasteiger charge is 2.08. The number of aromatic nitrogens is 1. The third-order valence-corrected chi connectivity index (χ3v) is 2.59. The van der Waals surface area contributed by atoms with Crippen molar-refractivity contribution in [2.24, 2.45) is 12.8 Å². The van der Waals surface area contributed by atoms with Crippen LogP contribution in [0.3, 0.4) is 0 Å². The number of benzene rings is 1. The molecule has 0 unspecified atom stereocenters. The second kappa shape index (κ2) is 3.42. The molecule has 0 fully saturated rings. The van der Waals surface area contributed by atoms with E-state index in [2.05, 4.69) is 13.0 Å². The quantitative estimate of drug-likeness (QED) is 0.788. The maximum Gasteiger partial charge on any atom is 0.221 e. The molecule has 0 spiro atoms. The molecule has 1 heterocycles. The molecule has 0 atom stereocenters. The summed E-state index contributed by atoms with van der Waals surface area (Å²) in [7, 11) is 1.98. The van der Waals surface area contributed by atoms with Crippen LogP contribution >= 0.6 is 0 Å². The Morgan fingerprint density at radius 1 is 1.47 bits per heavy atom. The first-order valence-corrected chi connectivity index (χ1v) is 4.91. The van der Waals surface area contributed by atoms with Crippen LogP contribution in [0, 0.1) is 6.92 Å². The number of fused-ring (bicyclic) bond motifs is 1. The topological polar surface area (TPSA) is 48.0 Å². The molecule has 1 aromatic carbocycles. The Morgan fingerprint density at radius 2 is 2.20 bits per heavy atom. The molecule has 3 nitrogen and oxygen atoms in total. The second-order valence-electron chi connectivity index (χ2n) is 3.93. The fraction of sp³-hybridized carbons (Fsp3) is 0.250. The van der Waals surface area contributed by atoms with E-state index in [4.69, 9.17) is 5.73 Å². The van der Waals surface area contributed by atoms with Crippen molar-refractivity contribution in [3.8, 4) is 0 Å². The van der Waals surface area contributed by atoms with Crippen LogP contribution in [-0.4, -0.2) is 10.5 Å². The van der Waals surface area contributed by atoms with Gasteiger partial charge < -0.3 is 10.3 Å². The average molecular weight is 202 g/mol. The number of rotatable bonds is 2. The zero-order valence-electron chi connectivity index (χ0n) is 8.95. The summed E-state index contributed by atoms with van der Waals surface area (Å²) in [5.41, 5.74) is 8.57. The van der Waals surface area contributed by atoms with Crippen molar-refractivity contribution in [1.82, 2.24) is 4.57 Å². The van der Waals surface area contributed by atoms with Crippen LogP contribution in [0.2, 0.25) is 0 Å². The number of primary amides is 1. The fourth-order valence-electron chi connectivity index (χ4n) is 1.91. The molecule has 0 radical (unpaired) electrons. The number of amides is 1. The first-order chi connectivity index (χ1) is 7.08. The van der Waals surface area contributed by atoms with Gasteiger partial charge in [0.15, 0.2) is 0 Å². The fourth-order valence-corrected chi connectivity index (χ4v) is 1.91. The maximum atomic E-state index is 10.9. The molecule has 2 aromatic rings. The molecule has 1 amide bonds. The van der Waals surface area contributed by atoms with E-state index in [0.29, 0.717) is 6.42 Å². The molecule has 0 aliphatic carbocycles. The molecule has 0 bridgehead atoms. The van der Waals surface area contributed by atoms with Gasteiger partial charge in [-0.1, -0.05) is 12.1 Å². The average Bonchev–Trinajstić information content (AvgIpc) is 2.42. The van der Waals surface area contributed by atoms with Crippen molar-refractivity contribution in [1.29, 1.82) is 0 Å². The van der Waals surface area contributed by atoms with Gasteiger partial charge >= 0.3 is 0 Å². The number of carbonyl (C=O) groups excluding carboxylic acids is 1. The summed E-state index contributed by atoms with van der Waals surface area (Å²) in [6.07, 6.45) is 2.27. The van der Waals surface area contributed by atoms with Crippen molar-refractivity contribution >= 4 is 16.8 Å². The van der Waals surface area contributed by atoms with Crippen LogP contribution in [-0.2, 0) is 18.3 Å². The third-order valence-electron chi connectivity index (χ3n) is 2.59. The van der Waals surface area contributed by atoms with Crippen LogP contribution in [0.4, 0.5) is 0 Å². The van der Waals surface area contributed by atoms with E-state index in [9.17, 15) is 4.79 Å². The summed E-state index contributed by atoms with van der Waals surface area (Å²) < 4.78 is 2.03. The summed E-state index contributed by atoms with van der Waals surface area (Å²) in [5, 5.41) is 1.11. The lowest BCUT2D eigenvalue weighted by Gasteiger charge is -1.97. The number of hydrogen-bond acceptors (Lipinski definition) is 1. The summed E-state index contributed by atoms with van der Waals surface area (Å²) >= 11 is 0. The van der Waals surface area contributed by atoms with Gasteiger partial charge in [0, 0.05) is 24.1 Å². The van der Waals surface area contributed by atoms with Gasteiger partial charge in [0.25, 0.3) is 0 Å². The Labute approximate surface area is 88.5 Å². The Hall–Kier alpha value is -1.77. The van der Waals surface area contributed by atoms with Crippen LogP contribution in [0.5, 0.6) is 0 Å². The monoisotopic (exact) mass is 202 g/mol. The highest BCUT2D eigenvalue weighted by atomic mass is 16.1. The Balaban J connectivity index is 2.62. The molecule has 0 saturated heterocycles. The van der Waals surface area contributed by atoms with Crippen molar-refractivity contribution in [2.45, 2.75) is 13.3 Å². The van der Waals surface area contributed by atoms with Gasteiger partial charge in [-0.3, -0.25) is 4.79 Å². The van der Waals surface area contributed by atoms with Gasteiger partial charge in [-0.05, 0) is 24.1 Å². The van der Waals surface area contributed by atoms with Gasteiger partial charge in [0.05, 0.1) is 6.42 Å². The van der Waals surface area contributed by atoms with Crippen LogP contribution in [0.15, 0.2) is 24.4 Å². The molecule has 78 valence electrons. The van der Waals surface area contributed by atoms with Crippen LogP contribution in [0.1, 0.15) is 11.1 Å². The molecular formula is C12H14N2O. The number of nitrogens with two attached hydrogens (primary N) is 1. The Kier molecular flexibility index (Phi) is 2.23. The van der Waals surface area contributed by atoms with Crippen molar-refractivity contribution in [2.75, 3.05) is 0 Å². The lowest BCUT2D eigenvalue weighted by atomic mass is 10.1. The molecule has 3 heteroatoms. The zero-order chi connectivity index (χ0) is 11.0. The van der Waals surface area contributed by atoms with Gasteiger partial charge in [-0.15, -0.1) is 0 Å². The van der Waals surface area contributed by atoms with Gasteiger partial charge in [-0.25, -0.2) is 0 Å². The van der Waals surface area contributed by atoms with Crippen molar-refractivity contribution in [3.63, 3.8) is 0 Å². The predicted octanol–water partition coefficient (Wildman–Crippen LogP) is 1.51. The minimum atomic E-state index is -0.289. The largest absolute Gasteiger partial charge is 0.369 e. The Morgan fingerprint density at radius 3 is 2.87 bits per heavy atom. The zero-order valence-corrected chi connectivity index (χ0v) is 8.95. The molecule has 1 aromatic heterocycles. The third kappa shape index (κ3) is 1.73. The van der Waals surface area contributed by atoms with Gasteiger partial charge in [0.1, 0.15) is 0 Å². The summed E-state index contributed by atoms with van der Waals surface area (Å²) in [4.78, 5) is 10.9. The predicted molar refractivity (Wildman–Crippen MR) is 60.6 cm³/mol. The molecular weight excluding hydrogens is 188 g/mol. The molecule has 15 heavy (non-hydrogen) atoms. The first kappa shape index (κ1) is 9.77. The summed E-state index contributed by atoms with van der Waals surface area (Å²) in [6, 6.07) is 6.20.